The molecule has 0 bridgehead atoms. The average molecular weight is 396 g/mol. The summed E-state index contributed by atoms with van der Waals surface area (Å²) in [7, 11) is 0. The summed E-state index contributed by atoms with van der Waals surface area (Å²) < 4.78 is 12.7. The normalized spacial score (nSPS) is 11.4. The van der Waals surface area contributed by atoms with E-state index in [9.17, 15) is 4.79 Å². The molecule has 8 heteroatoms. The fraction of sp³-hybridized carbons (Fsp3) is 0.300. The first-order valence-corrected chi connectivity index (χ1v) is 9.99. The molecule has 0 radical (unpaired) electrons. The number of thioether (sulfide) groups is 1. The van der Waals surface area contributed by atoms with Crippen LogP contribution < -0.4 is 0 Å². The van der Waals surface area contributed by atoms with Gasteiger partial charge in [0, 0.05) is 28.1 Å². The van der Waals surface area contributed by atoms with Crippen molar-refractivity contribution in [1.29, 1.82) is 0 Å². The molecule has 0 fully saturated rings. The molecule has 0 unspecified atom stereocenters. The molecule has 3 heterocycles. The van der Waals surface area contributed by atoms with E-state index in [2.05, 4.69) is 15.1 Å². The standard InChI is InChI=1S/C20H20N4O3S/c1-5-26-18(25)17-15(14-8-6-7-9-16(14)27-17)10-28-20-22-19-21-12(3)11(2)13(4)24(19)23-20/h6-9H,5,10H2,1-4H3. The zero-order valence-electron chi connectivity index (χ0n) is 16.1. The molecule has 0 saturated carbocycles. The highest BCUT2D eigenvalue weighted by Crippen LogP contribution is 2.31. The summed E-state index contributed by atoms with van der Waals surface area (Å²) in [5.74, 6) is 0.839. The largest absolute Gasteiger partial charge is 0.460 e. The Hall–Kier alpha value is -2.87. The Morgan fingerprint density at radius 3 is 2.79 bits per heavy atom. The van der Waals surface area contributed by atoms with Crippen molar-refractivity contribution in [3.8, 4) is 0 Å². The summed E-state index contributed by atoms with van der Waals surface area (Å²) in [6.45, 7) is 8.06. The number of fused-ring (bicyclic) bond motifs is 2. The Bertz CT molecular complexity index is 1200. The monoisotopic (exact) mass is 396 g/mol. The van der Waals surface area contributed by atoms with Gasteiger partial charge in [0.05, 0.1) is 6.61 Å². The molecular weight excluding hydrogens is 376 g/mol. The Kier molecular flexibility index (Phi) is 4.80. The average Bonchev–Trinajstić information content (AvgIpc) is 3.26. The first-order valence-electron chi connectivity index (χ1n) is 9.00. The number of aromatic nitrogens is 4. The Morgan fingerprint density at radius 1 is 1.21 bits per heavy atom. The molecular formula is C20H20N4O3S. The van der Waals surface area contributed by atoms with Crippen molar-refractivity contribution in [2.45, 2.75) is 38.6 Å². The van der Waals surface area contributed by atoms with Gasteiger partial charge < -0.3 is 9.15 Å². The van der Waals surface area contributed by atoms with Gasteiger partial charge in [-0.1, -0.05) is 30.0 Å². The van der Waals surface area contributed by atoms with Crippen LogP contribution in [0.15, 0.2) is 33.8 Å². The number of hydrogen-bond acceptors (Lipinski definition) is 7. The fourth-order valence-corrected chi connectivity index (χ4v) is 3.88. The van der Waals surface area contributed by atoms with Gasteiger partial charge in [-0.05, 0) is 39.3 Å². The molecule has 0 N–H and O–H groups in total. The number of benzene rings is 1. The van der Waals surface area contributed by atoms with Gasteiger partial charge in [0.2, 0.25) is 10.9 Å². The van der Waals surface area contributed by atoms with E-state index in [-0.39, 0.29) is 5.76 Å². The molecule has 7 nitrogen and oxygen atoms in total. The Labute approximate surface area is 166 Å². The van der Waals surface area contributed by atoms with E-state index in [1.165, 1.54) is 11.8 Å². The SMILES string of the molecule is CCOC(=O)c1oc2ccccc2c1CSc1nc2nc(C)c(C)c(C)n2n1. The third-order valence-electron chi connectivity index (χ3n) is 4.75. The molecule has 28 heavy (non-hydrogen) atoms. The zero-order valence-corrected chi connectivity index (χ0v) is 17.0. The lowest BCUT2D eigenvalue weighted by Crippen LogP contribution is -2.05. The van der Waals surface area contributed by atoms with Gasteiger partial charge in [-0.2, -0.15) is 4.98 Å². The molecule has 0 saturated heterocycles. The number of esters is 1. The van der Waals surface area contributed by atoms with Crippen LogP contribution in [0.25, 0.3) is 16.7 Å². The minimum absolute atomic E-state index is 0.236. The van der Waals surface area contributed by atoms with Gasteiger partial charge in [0.15, 0.2) is 0 Å². The van der Waals surface area contributed by atoms with E-state index in [1.54, 1.807) is 11.4 Å². The van der Waals surface area contributed by atoms with Gasteiger partial charge >= 0.3 is 5.97 Å². The van der Waals surface area contributed by atoms with Crippen molar-refractivity contribution in [3.63, 3.8) is 0 Å². The maximum Gasteiger partial charge on any atom is 0.374 e. The van der Waals surface area contributed by atoms with Gasteiger partial charge in [-0.3, -0.25) is 0 Å². The molecule has 4 aromatic rings. The quantitative estimate of drug-likeness (QED) is 0.368. The number of carbonyl (C=O) groups is 1. The van der Waals surface area contributed by atoms with Crippen LogP contribution >= 0.6 is 11.8 Å². The summed E-state index contributed by atoms with van der Waals surface area (Å²) >= 11 is 1.44. The van der Waals surface area contributed by atoms with Crippen LogP contribution in [0.2, 0.25) is 0 Å². The van der Waals surface area contributed by atoms with Crippen molar-refractivity contribution >= 4 is 34.5 Å². The van der Waals surface area contributed by atoms with E-state index in [1.807, 2.05) is 45.0 Å². The molecule has 0 aliphatic heterocycles. The topological polar surface area (TPSA) is 82.5 Å². The lowest BCUT2D eigenvalue weighted by Gasteiger charge is -2.04. The van der Waals surface area contributed by atoms with E-state index >= 15 is 0 Å². The molecule has 3 aromatic heterocycles. The number of rotatable bonds is 5. The van der Waals surface area contributed by atoms with Crippen molar-refractivity contribution in [1.82, 2.24) is 19.6 Å². The predicted molar refractivity (Wildman–Crippen MR) is 107 cm³/mol. The molecule has 1 aromatic carbocycles. The minimum Gasteiger partial charge on any atom is -0.460 e. The fourth-order valence-electron chi connectivity index (χ4n) is 3.04. The second kappa shape index (κ2) is 7.27. The Balaban J connectivity index is 1.69. The van der Waals surface area contributed by atoms with Gasteiger partial charge in [0.1, 0.15) is 5.58 Å². The lowest BCUT2D eigenvalue weighted by atomic mass is 10.1. The third-order valence-corrected chi connectivity index (χ3v) is 5.61. The number of para-hydroxylation sites is 1. The highest BCUT2D eigenvalue weighted by Gasteiger charge is 2.22. The van der Waals surface area contributed by atoms with Crippen LogP contribution in [0.3, 0.4) is 0 Å². The first kappa shape index (κ1) is 18.5. The Morgan fingerprint density at radius 2 is 2.00 bits per heavy atom. The van der Waals surface area contributed by atoms with Crippen molar-refractivity contribution < 1.29 is 13.9 Å². The number of hydrogen-bond donors (Lipinski definition) is 0. The van der Waals surface area contributed by atoms with Crippen molar-refractivity contribution in [2.24, 2.45) is 0 Å². The molecule has 0 aliphatic carbocycles. The van der Waals surface area contributed by atoms with E-state index in [0.29, 0.717) is 28.9 Å². The van der Waals surface area contributed by atoms with E-state index in [0.717, 1.165) is 27.9 Å². The minimum atomic E-state index is -0.457. The number of aryl methyl sites for hydroxylation is 2. The molecule has 4 rings (SSSR count). The van der Waals surface area contributed by atoms with Crippen LogP contribution in [-0.4, -0.2) is 32.2 Å². The van der Waals surface area contributed by atoms with Gasteiger partial charge in [-0.25, -0.2) is 14.3 Å². The van der Waals surface area contributed by atoms with Crippen LogP contribution in [-0.2, 0) is 10.5 Å². The second-order valence-corrected chi connectivity index (χ2v) is 7.37. The summed E-state index contributed by atoms with van der Waals surface area (Å²) in [6.07, 6.45) is 0. The smallest absolute Gasteiger partial charge is 0.374 e. The van der Waals surface area contributed by atoms with Crippen LogP contribution in [0.4, 0.5) is 0 Å². The van der Waals surface area contributed by atoms with Crippen molar-refractivity contribution in [3.05, 3.63) is 52.5 Å². The highest BCUT2D eigenvalue weighted by atomic mass is 32.2. The maximum absolute atomic E-state index is 12.3. The molecule has 0 spiro atoms. The predicted octanol–water partition coefficient (Wildman–Crippen LogP) is 4.26. The zero-order chi connectivity index (χ0) is 19.8. The summed E-state index contributed by atoms with van der Waals surface area (Å²) in [6, 6.07) is 7.57. The van der Waals surface area contributed by atoms with Crippen LogP contribution in [0, 0.1) is 20.8 Å². The summed E-state index contributed by atoms with van der Waals surface area (Å²) in [5.41, 5.74) is 4.50. The van der Waals surface area contributed by atoms with Crippen LogP contribution in [0.5, 0.6) is 0 Å². The number of carbonyl (C=O) groups excluding carboxylic acids is 1. The number of nitrogens with zero attached hydrogens (tertiary/aromatic N) is 4. The van der Waals surface area contributed by atoms with E-state index in [4.69, 9.17) is 9.15 Å². The first-order chi connectivity index (χ1) is 13.5. The molecule has 144 valence electrons. The number of ether oxygens (including phenoxy) is 1. The number of furan rings is 1. The van der Waals surface area contributed by atoms with Gasteiger partial charge in [-0.15, -0.1) is 5.10 Å². The lowest BCUT2D eigenvalue weighted by molar-refractivity contribution is 0.0491. The molecule has 0 atom stereocenters. The summed E-state index contributed by atoms with van der Waals surface area (Å²) in [5, 5.41) is 6.05. The molecule has 0 amide bonds. The van der Waals surface area contributed by atoms with Gasteiger partial charge in [0.25, 0.3) is 5.78 Å². The van der Waals surface area contributed by atoms with Crippen LogP contribution in [0.1, 0.15) is 40.0 Å². The third kappa shape index (κ3) is 3.13. The summed E-state index contributed by atoms with van der Waals surface area (Å²) in [4.78, 5) is 21.4. The van der Waals surface area contributed by atoms with Crippen molar-refractivity contribution in [2.75, 3.05) is 6.61 Å². The maximum atomic E-state index is 12.3. The highest BCUT2D eigenvalue weighted by molar-refractivity contribution is 7.98. The molecule has 0 aliphatic rings. The van der Waals surface area contributed by atoms with E-state index < -0.39 is 5.97 Å². The second-order valence-electron chi connectivity index (χ2n) is 6.43.